The third kappa shape index (κ3) is 4.84. The van der Waals surface area contributed by atoms with Gasteiger partial charge in [-0.3, -0.25) is 0 Å². The number of hydrogen-bond acceptors (Lipinski definition) is 5. The summed E-state index contributed by atoms with van der Waals surface area (Å²) in [6, 6.07) is 0. The monoisotopic (exact) mass is 507 g/mol. The maximum atomic E-state index is 11.2. The van der Waals surface area contributed by atoms with Crippen LogP contribution >= 0.6 is 0 Å². The summed E-state index contributed by atoms with van der Waals surface area (Å²) in [4.78, 5) is 4.43. The predicted molar refractivity (Wildman–Crippen MR) is 146 cm³/mol. The van der Waals surface area contributed by atoms with E-state index in [1.807, 2.05) is 13.0 Å². The van der Waals surface area contributed by atoms with Crippen LogP contribution in [0.15, 0.2) is 58.2 Å². The molecule has 0 aromatic carbocycles. The van der Waals surface area contributed by atoms with Crippen LogP contribution < -0.4 is 0 Å². The first kappa shape index (κ1) is 26.6. The highest BCUT2D eigenvalue weighted by Crippen LogP contribution is 2.62. The van der Waals surface area contributed by atoms with Crippen LogP contribution in [0.4, 0.5) is 0 Å². The molecule has 6 atom stereocenters. The number of aliphatic hydroxyl groups excluding tert-OH is 3. The molecule has 0 spiro atoms. The van der Waals surface area contributed by atoms with Crippen molar-refractivity contribution >= 4 is 0 Å². The first-order valence-corrected chi connectivity index (χ1v) is 14.2. The van der Waals surface area contributed by atoms with Crippen LogP contribution in [0, 0.1) is 29.6 Å². The van der Waals surface area contributed by atoms with Gasteiger partial charge in [-0.15, -0.1) is 0 Å². The second kappa shape index (κ2) is 9.66. The highest BCUT2D eigenvalue weighted by molar-refractivity contribution is 5.39. The lowest BCUT2D eigenvalue weighted by Gasteiger charge is -2.47. The Kier molecular flexibility index (Phi) is 6.96. The Morgan fingerprint density at radius 3 is 2.62 bits per heavy atom. The number of hydrogen-bond donors (Lipinski definition) is 3. The third-order valence-electron chi connectivity index (χ3n) is 10.2. The molecule has 0 aliphatic heterocycles. The summed E-state index contributed by atoms with van der Waals surface area (Å²) >= 11 is 0. The van der Waals surface area contributed by atoms with Crippen molar-refractivity contribution < 1.29 is 19.7 Å². The van der Waals surface area contributed by atoms with E-state index in [9.17, 15) is 15.3 Å². The molecule has 4 aliphatic rings. The van der Waals surface area contributed by atoms with Crippen molar-refractivity contribution in [1.82, 2.24) is 4.98 Å². The summed E-state index contributed by atoms with van der Waals surface area (Å²) in [5.74, 6) is 2.53. The molecule has 0 bridgehead atoms. The minimum absolute atomic E-state index is 0.0418. The predicted octanol–water partition coefficient (Wildman–Crippen LogP) is 6.10. The van der Waals surface area contributed by atoms with Gasteiger partial charge in [0.15, 0.2) is 0 Å². The molecule has 202 valence electrons. The summed E-state index contributed by atoms with van der Waals surface area (Å²) in [6.45, 7) is 13.1. The number of aliphatic hydroxyl groups is 3. The number of rotatable bonds is 6. The van der Waals surface area contributed by atoms with Crippen LogP contribution in [0.3, 0.4) is 0 Å². The van der Waals surface area contributed by atoms with Gasteiger partial charge in [0.1, 0.15) is 5.76 Å². The van der Waals surface area contributed by atoms with Crippen LogP contribution in [0.1, 0.15) is 90.2 Å². The second-order valence-corrected chi connectivity index (χ2v) is 13.2. The lowest BCUT2D eigenvalue weighted by atomic mass is 9.57. The highest BCUT2D eigenvalue weighted by Gasteiger charge is 2.55. The van der Waals surface area contributed by atoms with Gasteiger partial charge in [0.2, 0.25) is 5.89 Å². The van der Waals surface area contributed by atoms with Gasteiger partial charge in [0.25, 0.3) is 0 Å². The zero-order valence-electron chi connectivity index (χ0n) is 23.0. The molecular weight excluding hydrogens is 462 g/mol. The van der Waals surface area contributed by atoms with E-state index in [1.54, 1.807) is 6.20 Å². The van der Waals surface area contributed by atoms with Crippen molar-refractivity contribution in [1.29, 1.82) is 0 Å². The van der Waals surface area contributed by atoms with E-state index in [4.69, 9.17) is 4.42 Å². The first-order chi connectivity index (χ1) is 17.5. The van der Waals surface area contributed by atoms with Gasteiger partial charge in [-0.1, -0.05) is 57.2 Å². The Morgan fingerprint density at radius 2 is 1.95 bits per heavy atom. The van der Waals surface area contributed by atoms with Gasteiger partial charge in [0, 0.05) is 6.42 Å². The Hall–Kier alpha value is -1.95. The third-order valence-corrected chi connectivity index (χ3v) is 10.2. The fourth-order valence-electron chi connectivity index (χ4n) is 7.92. The molecule has 3 N–H and O–H groups in total. The van der Waals surface area contributed by atoms with Crippen LogP contribution in [0.2, 0.25) is 0 Å². The molecule has 5 heteroatoms. The number of aromatic nitrogens is 1. The zero-order chi connectivity index (χ0) is 26.6. The van der Waals surface area contributed by atoms with Gasteiger partial charge < -0.3 is 19.7 Å². The highest BCUT2D eigenvalue weighted by atomic mass is 16.4. The molecule has 4 aliphatic carbocycles. The Morgan fingerprint density at radius 1 is 1.19 bits per heavy atom. The van der Waals surface area contributed by atoms with Crippen molar-refractivity contribution in [3.63, 3.8) is 0 Å². The summed E-state index contributed by atoms with van der Waals surface area (Å²) in [5.41, 5.74) is 3.04. The topological polar surface area (TPSA) is 86.7 Å². The number of aryl methyl sites for hydroxylation is 1. The molecule has 37 heavy (non-hydrogen) atoms. The molecule has 1 aromatic rings. The maximum absolute atomic E-state index is 11.2. The Bertz CT molecular complexity index is 1120. The lowest BCUT2D eigenvalue weighted by Crippen LogP contribution is -2.39. The molecule has 4 fully saturated rings. The van der Waals surface area contributed by atoms with Gasteiger partial charge in [-0.05, 0) is 92.1 Å². The number of nitrogens with zero attached hydrogens (tertiary/aromatic N) is 1. The Labute approximate surface area is 222 Å². The Balaban J connectivity index is 1.33. The van der Waals surface area contributed by atoms with Crippen LogP contribution in [-0.2, 0) is 5.41 Å². The molecule has 1 aromatic heterocycles. The number of fused-ring (bicyclic) bond motifs is 1. The smallest absolute Gasteiger partial charge is 0.203 e. The van der Waals surface area contributed by atoms with Gasteiger partial charge in [-0.25, -0.2) is 4.98 Å². The summed E-state index contributed by atoms with van der Waals surface area (Å²) in [7, 11) is 0. The van der Waals surface area contributed by atoms with E-state index >= 15 is 0 Å². The molecule has 0 amide bonds. The average Bonchev–Trinajstić information content (AvgIpc) is 3.40. The van der Waals surface area contributed by atoms with Crippen LogP contribution in [0.25, 0.3) is 0 Å². The van der Waals surface area contributed by atoms with Crippen molar-refractivity contribution in [3.05, 3.63) is 65.5 Å². The fourth-order valence-corrected chi connectivity index (χ4v) is 7.92. The summed E-state index contributed by atoms with van der Waals surface area (Å²) < 4.78 is 5.80. The van der Waals surface area contributed by atoms with Crippen LogP contribution in [0.5, 0.6) is 0 Å². The molecule has 0 unspecified atom stereocenters. The fraction of sp³-hybridized carbons (Fsp3) is 0.656. The van der Waals surface area contributed by atoms with Crippen molar-refractivity contribution in [3.8, 4) is 0 Å². The standard InChI is InChI=1S/C32H45NO4/c1-20-19-33-29(37-20)32(15-16-32)28(36)12-14-30(3,4)27-11-10-25-22(7-6-13-31(25,27)5)8-9-23-17-24(34)18-26(35)21(23)2/h8-9,12,14,19,24-28,34-36H,2,6-7,10-11,13,15-18H2,1,3-5H3/t24-,25+,26+,27-,28+,31+/m1/s1. The number of oxazole rings is 1. The van der Waals surface area contributed by atoms with Gasteiger partial charge >= 0.3 is 0 Å². The first-order valence-electron chi connectivity index (χ1n) is 14.2. The van der Waals surface area contributed by atoms with Crippen molar-refractivity contribution in [2.24, 2.45) is 22.7 Å². The van der Waals surface area contributed by atoms with Gasteiger partial charge in [-0.2, -0.15) is 0 Å². The molecule has 0 radical (unpaired) electrons. The van der Waals surface area contributed by atoms with Crippen molar-refractivity contribution in [2.45, 2.75) is 109 Å². The second-order valence-electron chi connectivity index (χ2n) is 13.2. The SMILES string of the molecule is C=C1C(=CC=C2CCC[C@]3(C)[C@@H](C(C)(C)C=C[C@H](O)C4(c5ncc(C)o5)CC4)CC[C@@H]23)C[C@@H](O)C[C@@H]1O. The van der Waals surface area contributed by atoms with E-state index in [2.05, 4.69) is 50.6 Å². The van der Waals surface area contributed by atoms with E-state index < -0.39 is 18.3 Å². The largest absolute Gasteiger partial charge is 0.445 e. The number of allylic oxidation sites excluding steroid dienone is 4. The zero-order valence-corrected chi connectivity index (χ0v) is 23.0. The molecule has 5 nitrogen and oxygen atoms in total. The van der Waals surface area contributed by atoms with Gasteiger partial charge in [0.05, 0.1) is 29.9 Å². The summed E-state index contributed by atoms with van der Waals surface area (Å²) in [6.07, 6.45) is 17.3. The molecule has 1 heterocycles. The molecule has 0 saturated heterocycles. The van der Waals surface area contributed by atoms with E-state index in [0.717, 1.165) is 36.2 Å². The van der Waals surface area contributed by atoms with Crippen molar-refractivity contribution in [2.75, 3.05) is 0 Å². The minimum atomic E-state index is -0.647. The van der Waals surface area contributed by atoms with E-state index in [-0.39, 0.29) is 16.2 Å². The lowest BCUT2D eigenvalue weighted by molar-refractivity contribution is 0.0705. The summed E-state index contributed by atoms with van der Waals surface area (Å²) in [5, 5.41) is 31.5. The van der Waals surface area contributed by atoms with Crippen LogP contribution in [-0.4, -0.2) is 38.6 Å². The minimum Gasteiger partial charge on any atom is -0.445 e. The van der Waals surface area contributed by atoms with E-state index in [1.165, 1.54) is 31.3 Å². The van der Waals surface area contributed by atoms with E-state index in [0.29, 0.717) is 30.6 Å². The molecular formula is C32H45NO4. The molecule has 5 rings (SSSR count). The molecule has 4 saturated carbocycles. The normalized spacial score (nSPS) is 36.9. The quantitative estimate of drug-likeness (QED) is 0.405. The average molecular weight is 508 g/mol. The maximum Gasteiger partial charge on any atom is 0.203 e.